The zero-order valence-electron chi connectivity index (χ0n) is 21.2. The molecule has 2 atom stereocenters. The van der Waals surface area contributed by atoms with Crippen molar-refractivity contribution in [1.82, 2.24) is 10.2 Å². The number of hydrogen-bond acceptors (Lipinski definition) is 2. The molecule has 0 aromatic heterocycles. The third-order valence-electron chi connectivity index (χ3n) is 8.47. The summed E-state index contributed by atoms with van der Waals surface area (Å²) in [7, 11) is 0. The standard InChI is InChI=1S/C28H39ClN2O3/c1-17(2)6-7-19-8-9-21(12-24(19)29)27(5)23(18(3)4)16-31(26(34)30-27)22-10-11-28(15-22)13-20(14-28)25(32)33/h8-9,12,16-18,20,22H,6-7,10-11,13-15H2,1-5H3,(H,30,34)(H,32,33)/t20?,22?,27-,28?/m0/s1. The lowest BCUT2D eigenvalue weighted by Gasteiger charge is -2.46. The number of urea groups is 1. The van der Waals surface area contributed by atoms with E-state index in [0.717, 1.165) is 66.7 Å². The fourth-order valence-electron chi connectivity index (χ4n) is 6.38. The summed E-state index contributed by atoms with van der Waals surface area (Å²) >= 11 is 6.69. The Morgan fingerprint density at radius 2 is 1.94 bits per heavy atom. The summed E-state index contributed by atoms with van der Waals surface area (Å²) in [4.78, 5) is 26.6. The Bertz CT molecular complexity index is 995. The van der Waals surface area contributed by atoms with Crippen molar-refractivity contribution in [3.63, 3.8) is 0 Å². The van der Waals surface area contributed by atoms with Gasteiger partial charge in [0.1, 0.15) is 0 Å². The van der Waals surface area contributed by atoms with Crippen LogP contribution < -0.4 is 5.32 Å². The van der Waals surface area contributed by atoms with Crippen LogP contribution in [0.3, 0.4) is 0 Å². The number of amides is 2. The van der Waals surface area contributed by atoms with Crippen LogP contribution in [0.1, 0.15) is 84.3 Å². The summed E-state index contributed by atoms with van der Waals surface area (Å²) in [5.41, 5.74) is 2.79. The number of hydrogen-bond donors (Lipinski definition) is 2. The summed E-state index contributed by atoms with van der Waals surface area (Å²) in [5.74, 6) is -0.0383. The number of aliphatic carboxylic acids is 1. The van der Waals surface area contributed by atoms with Crippen LogP contribution >= 0.6 is 11.6 Å². The van der Waals surface area contributed by atoms with Gasteiger partial charge in [0.05, 0.1) is 11.5 Å². The average Bonchev–Trinajstić information content (AvgIpc) is 3.17. The quantitative estimate of drug-likeness (QED) is 0.448. The zero-order chi connectivity index (χ0) is 24.8. The molecular weight excluding hydrogens is 448 g/mol. The molecule has 1 unspecified atom stereocenters. The number of carbonyl (C=O) groups is 2. The minimum atomic E-state index is -0.684. The van der Waals surface area contributed by atoms with Gasteiger partial charge in [0.15, 0.2) is 0 Å². The normalized spacial score (nSPS) is 31.1. The Morgan fingerprint density at radius 3 is 2.53 bits per heavy atom. The van der Waals surface area contributed by atoms with E-state index in [1.165, 1.54) is 0 Å². The number of carbonyl (C=O) groups excluding carboxylic acids is 1. The van der Waals surface area contributed by atoms with Gasteiger partial charge in [-0.2, -0.15) is 0 Å². The molecule has 1 aromatic carbocycles. The summed E-state index contributed by atoms with van der Waals surface area (Å²) in [5, 5.41) is 13.4. The monoisotopic (exact) mass is 486 g/mol. The number of nitrogens with one attached hydrogen (secondary N) is 1. The van der Waals surface area contributed by atoms with E-state index in [4.69, 9.17) is 11.6 Å². The Balaban J connectivity index is 1.57. The van der Waals surface area contributed by atoms with Crippen molar-refractivity contribution in [3.8, 4) is 0 Å². The van der Waals surface area contributed by atoms with E-state index in [0.29, 0.717) is 5.92 Å². The van der Waals surface area contributed by atoms with Gasteiger partial charge in [-0.25, -0.2) is 4.79 Å². The van der Waals surface area contributed by atoms with Crippen molar-refractivity contribution in [1.29, 1.82) is 0 Å². The van der Waals surface area contributed by atoms with Gasteiger partial charge < -0.3 is 10.4 Å². The number of aryl methyl sites for hydroxylation is 1. The van der Waals surface area contributed by atoms with Crippen molar-refractivity contribution < 1.29 is 14.7 Å². The molecule has 2 amide bonds. The molecule has 186 valence electrons. The molecular formula is C28H39ClN2O3. The molecule has 1 heterocycles. The van der Waals surface area contributed by atoms with E-state index < -0.39 is 11.5 Å². The van der Waals surface area contributed by atoms with E-state index in [-0.39, 0.29) is 29.3 Å². The number of rotatable bonds is 7. The molecule has 1 spiro atoms. The predicted octanol–water partition coefficient (Wildman–Crippen LogP) is 6.74. The van der Waals surface area contributed by atoms with E-state index in [1.54, 1.807) is 0 Å². The third kappa shape index (κ3) is 4.60. The summed E-state index contributed by atoms with van der Waals surface area (Å²) in [6.07, 6.45) is 8.42. The maximum absolute atomic E-state index is 13.4. The molecule has 2 N–H and O–H groups in total. The molecule has 2 aliphatic carbocycles. The molecule has 2 saturated carbocycles. The second kappa shape index (κ2) is 9.22. The van der Waals surface area contributed by atoms with Gasteiger partial charge in [-0.1, -0.05) is 51.4 Å². The van der Waals surface area contributed by atoms with Crippen molar-refractivity contribution in [2.75, 3.05) is 0 Å². The van der Waals surface area contributed by atoms with Gasteiger partial charge >= 0.3 is 12.0 Å². The fourth-order valence-corrected chi connectivity index (χ4v) is 6.65. The highest BCUT2D eigenvalue weighted by atomic mass is 35.5. The Hall–Kier alpha value is -2.01. The molecule has 0 radical (unpaired) electrons. The first kappa shape index (κ1) is 25.1. The number of nitrogens with zero attached hydrogens (tertiary/aromatic N) is 1. The van der Waals surface area contributed by atoms with Crippen LogP contribution in [0.15, 0.2) is 30.0 Å². The van der Waals surface area contributed by atoms with Crippen LogP contribution in [0.25, 0.3) is 0 Å². The van der Waals surface area contributed by atoms with E-state index in [1.807, 2.05) is 11.0 Å². The van der Waals surface area contributed by atoms with Crippen molar-refractivity contribution in [2.24, 2.45) is 23.2 Å². The molecule has 3 aliphatic rings. The molecule has 1 aliphatic heterocycles. The van der Waals surface area contributed by atoms with Crippen LogP contribution in [-0.2, 0) is 16.8 Å². The minimum absolute atomic E-state index is 0.0805. The maximum atomic E-state index is 13.4. The lowest BCUT2D eigenvalue weighted by Crippen LogP contribution is -2.56. The van der Waals surface area contributed by atoms with E-state index >= 15 is 0 Å². The predicted molar refractivity (Wildman–Crippen MR) is 136 cm³/mol. The lowest BCUT2D eigenvalue weighted by atomic mass is 9.61. The van der Waals surface area contributed by atoms with Crippen molar-refractivity contribution in [2.45, 2.75) is 91.1 Å². The Kier molecular flexibility index (Phi) is 6.80. The zero-order valence-corrected chi connectivity index (χ0v) is 21.9. The van der Waals surface area contributed by atoms with Crippen molar-refractivity contribution in [3.05, 3.63) is 46.1 Å². The van der Waals surface area contributed by atoms with Gasteiger partial charge in [0.2, 0.25) is 0 Å². The first-order valence-electron chi connectivity index (χ1n) is 12.8. The smallest absolute Gasteiger partial charge is 0.322 e. The molecule has 0 bridgehead atoms. The summed E-state index contributed by atoms with van der Waals surface area (Å²) in [6.45, 7) is 10.8. The molecule has 1 aromatic rings. The van der Waals surface area contributed by atoms with E-state index in [9.17, 15) is 14.7 Å². The second-order valence-electron chi connectivity index (χ2n) is 11.8. The molecule has 6 heteroatoms. The number of carboxylic acid groups (broad SMARTS) is 1. The topological polar surface area (TPSA) is 69.6 Å². The number of carboxylic acids is 1. The first-order chi connectivity index (χ1) is 15.9. The summed E-state index contributed by atoms with van der Waals surface area (Å²) < 4.78 is 0. The largest absolute Gasteiger partial charge is 0.481 e. The molecule has 34 heavy (non-hydrogen) atoms. The summed E-state index contributed by atoms with van der Waals surface area (Å²) in [6, 6.07) is 6.28. The molecule has 2 fully saturated rings. The van der Waals surface area contributed by atoms with Crippen LogP contribution in [0, 0.1) is 23.2 Å². The van der Waals surface area contributed by atoms with Crippen LogP contribution in [0.5, 0.6) is 0 Å². The number of halogens is 1. The van der Waals surface area contributed by atoms with Gasteiger partial charge in [-0.05, 0) is 91.9 Å². The highest BCUT2D eigenvalue weighted by molar-refractivity contribution is 6.31. The van der Waals surface area contributed by atoms with Crippen molar-refractivity contribution >= 4 is 23.6 Å². The molecule has 0 saturated heterocycles. The van der Waals surface area contributed by atoms with Gasteiger partial charge in [-0.15, -0.1) is 0 Å². The lowest BCUT2D eigenvalue weighted by molar-refractivity contribution is -0.150. The van der Waals surface area contributed by atoms with Crippen LogP contribution in [0.2, 0.25) is 5.02 Å². The van der Waals surface area contributed by atoms with Crippen LogP contribution in [-0.4, -0.2) is 28.0 Å². The minimum Gasteiger partial charge on any atom is -0.481 e. The number of benzene rings is 1. The molecule has 5 nitrogen and oxygen atoms in total. The average molecular weight is 487 g/mol. The SMILES string of the molecule is CC(C)CCc1ccc([C@]2(C)NC(=O)N(C3CCC4(CC(C(=O)O)C4)C3)C=C2C(C)C)cc1Cl. The Morgan fingerprint density at radius 1 is 1.24 bits per heavy atom. The maximum Gasteiger partial charge on any atom is 0.322 e. The first-order valence-corrected chi connectivity index (χ1v) is 13.2. The third-order valence-corrected chi connectivity index (χ3v) is 8.82. The highest BCUT2D eigenvalue weighted by Gasteiger charge is 2.53. The highest BCUT2D eigenvalue weighted by Crippen LogP contribution is 2.57. The van der Waals surface area contributed by atoms with Gasteiger partial charge in [-0.3, -0.25) is 9.69 Å². The van der Waals surface area contributed by atoms with Crippen LogP contribution in [0.4, 0.5) is 4.79 Å². The van der Waals surface area contributed by atoms with E-state index in [2.05, 4.69) is 58.3 Å². The second-order valence-corrected chi connectivity index (χ2v) is 12.2. The fraction of sp³-hybridized carbons (Fsp3) is 0.643. The Labute approximate surface area is 208 Å². The van der Waals surface area contributed by atoms with Gasteiger partial charge in [0.25, 0.3) is 0 Å². The molecule has 4 rings (SSSR count). The van der Waals surface area contributed by atoms with Gasteiger partial charge in [0, 0.05) is 17.3 Å².